The van der Waals surface area contributed by atoms with E-state index in [1.807, 2.05) is 42.5 Å². The first-order chi connectivity index (χ1) is 10.1. The summed E-state index contributed by atoms with van der Waals surface area (Å²) in [5, 5.41) is 5.01. The van der Waals surface area contributed by atoms with Crippen molar-refractivity contribution in [2.45, 2.75) is 25.8 Å². The lowest BCUT2D eigenvalue weighted by Gasteiger charge is -2.13. The van der Waals surface area contributed by atoms with Crippen molar-refractivity contribution in [3.8, 4) is 0 Å². The molecule has 21 heavy (non-hydrogen) atoms. The highest BCUT2D eigenvalue weighted by Gasteiger charge is 2.13. The second kappa shape index (κ2) is 6.88. The van der Waals surface area contributed by atoms with Gasteiger partial charge in [-0.1, -0.05) is 42.5 Å². The number of hydrogen-bond acceptors (Lipinski definition) is 3. The van der Waals surface area contributed by atoms with Crippen LogP contribution in [0.3, 0.4) is 0 Å². The van der Waals surface area contributed by atoms with Crippen molar-refractivity contribution in [3.05, 3.63) is 48.0 Å². The molecule has 0 saturated carbocycles. The smallest absolute Gasteiger partial charge is 0.307 e. The zero-order valence-electron chi connectivity index (χ0n) is 12.3. The van der Waals surface area contributed by atoms with E-state index >= 15 is 0 Å². The molecule has 0 aliphatic heterocycles. The van der Waals surface area contributed by atoms with E-state index in [2.05, 4.69) is 10.1 Å². The van der Waals surface area contributed by atoms with E-state index in [-0.39, 0.29) is 24.3 Å². The number of nitrogens with one attached hydrogen (secondary N) is 1. The summed E-state index contributed by atoms with van der Waals surface area (Å²) in [5.74, 6) is -0.421. The Morgan fingerprint density at radius 3 is 2.62 bits per heavy atom. The fourth-order valence-corrected chi connectivity index (χ4v) is 2.33. The molecule has 0 heterocycles. The molecule has 0 bridgehead atoms. The van der Waals surface area contributed by atoms with Gasteiger partial charge in [-0.2, -0.15) is 0 Å². The van der Waals surface area contributed by atoms with Gasteiger partial charge in [0.05, 0.1) is 20.0 Å². The number of ether oxygens (including phenoxy) is 1. The van der Waals surface area contributed by atoms with Gasteiger partial charge in [0.25, 0.3) is 0 Å². The van der Waals surface area contributed by atoms with Crippen LogP contribution in [0.25, 0.3) is 10.8 Å². The van der Waals surface area contributed by atoms with Crippen molar-refractivity contribution < 1.29 is 14.3 Å². The number of amides is 1. The summed E-state index contributed by atoms with van der Waals surface area (Å²) < 4.78 is 4.59. The molecule has 0 aromatic heterocycles. The molecule has 0 spiro atoms. The molecule has 110 valence electrons. The molecule has 2 aromatic rings. The number of carbonyl (C=O) groups is 2. The Balaban J connectivity index is 2.03. The highest BCUT2D eigenvalue weighted by molar-refractivity contribution is 5.90. The minimum atomic E-state index is -0.326. The lowest BCUT2D eigenvalue weighted by atomic mass is 10.0. The summed E-state index contributed by atoms with van der Waals surface area (Å²) in [7, 11) is 1.34. The Labute approximate surface area is 124 Å². The Bertz CT molecular complexity index is 646. The number of fused-ring (bicyclic) bond motifs is 1. The summed E-state index contributed by atoms with van der Waals surface area (Å²) in [6, 6.07) is 13.7. The highest BCUT2D eigenvalue weighted by Crippen LogP contribution is 2.18. The van der Waals surface area contributed by atoms with Crippen LogP contribution in [0.15, 0.2) is 42.5 Å². The van der Waals surface area contributed by atoms with E-state index in [9.17, 15) is 9.59 Å². The molecule has 0 aliphatic rings. The van der Waals surface area contributed by atoms with Crippen LogP contribution in [0, 0.1) is 0 Å². The van der Waals surface area contributed by atoms with Gasteiger partial charge in [-0.05, 0) is 23.3 Å². The molecule has 4 heteroatoms. The van der Waals surface area contributed by atoms with Crippen LogP contribution in [0.2, 0.25) is 0 Å². The van der Waals surface area contributed by atoms with E-state index < -0.39 is 0 Å². The molecule has 4 nitrogen and oxygen atoms in total. The molecular formula is C17H19NO3. The number of esters is 1. The maximum Gasteiger partial charge on any atom is 0.307 e. The molecule has 1 amide bonds. The van der Waals surface area contributed by atoms with Crippen molar-refractivity contribution >= 4 is 22.6 Å². The van der Waals surface area contributed by atoms with Crippen LogP contribution in [0.4, 0.5) is 0 Å². The lowest BCUT2D eigenvalue weighted by Crippen LogP contribution is -2.35. The Morgan fingerprint density at radius 1 is 1.14 bits per heavy atom. The fraction of sp³-hybridized carbons (Fsp3) is 0.294. The first kappa shape index (κ1) is 15.0. The maximum absolute atomic E-state index is 12.1. The van der Waals surface area contributed by atoms with Crippen LogP contribution in [-0.4, -0.2) is 25.0 Å². The van der Waals surface area contributed by atoms with Crippen molar-refractivity contribution in [2.75, 3.05) is 7.11 Å². The second-order valence-electron chi connectivity index (χ2n) is 5.06. The fourth-order valence-electron chi connectivity index (χ4n) is 2.33. The topological polar surface area (TPSA) is 55.4 Å². The second-order valence-corrected chi connectivity index (χ2v) is 5.06. The highest BCUT2D eigenvalue weighted by atomic mass is 16.5. The molecule has 1 N–H and O–H groups in total. The third-order valence-electron chi connectivity index (χ3n) is 3.34. The van der Waals surface area contributed by atoms with Gasteiger partial charge >= 0.3 is 5.97 Å². The van der Waals surface area contributed by atoms with Gasteiger partial charge < -0.3 is 10.1 Å². The predicted molar refractivity (Wildman–Crippen MR) is 81.9 cm³/mol. The van der Waals surface area contributed by atoms with Gasteiger partial charge in [-0.15, -0.1) is 0 Å². The molecule has 0 saturated heterocycles. The number of carbonyl (C=O) groups excluding carboxylic acids is 2. The van der Waals surface area contributed by atoms with Gasteiger partial charge in [0.1, 0.15) is 0 Å². The SMILES string of the molecule is COC(=O)CC(C)NC(=O)Cc1cccc2ccccc12. The average Bonchev–Trinajstić information content (AvgIpc) is 2.47. The quantitative estimate of drug-likeness (QED) is 0.859. The summed E-state index contributed by atoms with van der Waals surface area (Å²) >= 11 is 0. The molecule has 0 radical (unpaired) electrons. The Hall–Kier alpha value is -2.36. The average molecular weight is 285 g/mol. The number of rotatable bonds is 5. The van der Waals surface area contributed by atoms with Crippen molar-refractivity contribution in [1.82, 2.24) is 5.32 Å². The molecule has 2 aromatic carbocycles. The summed E-state index contributed by atoms with van der Waals surface area (Å²) in [6.07, 6.45) is 0.477. The lowest BCUT2D eigenvalue weighted by molar-refractivity contribution is -0.141. The molecule has 2 rings (SSSR count). The summed E-state index contributed by atoms with van der Waals surface area (Å²) in [5.41, 5.74) is 0.982. The van der Waals surface area contributed by atoms with Crippen molar-refractivity contribution in [2.24, 2.45) is 0 Å². The summed E-state index contributed by atoms with van der Waals surface area (Å²) in [6.45, 7) is 1.79. The molecule has 1 atom stereocenters. The zero-order valence-corrected chi connectivity index (χ0v) is 12.3. The standard InChI is InChI=1S/C17H19NO3/c1-12(10-17(20)21-2)18-16(19)11-14-8-5-7-13-6-3-4-9-15(13)14/h3-9,12H,10-11H2,1-2H3,(H,18,19). The summed E-state index contributed by atoms with van der Waals surface area (Å²) in [4.78, 5) is 23.2. The normalized spacial score (nSPS) is 11.9. The number of benzene rings is 2. The molecule has 0 fully saturated rings. The van der Waals surface area contributed by atoms with Crippen LogP contribution < -0.4 is 5.32 Å². The Kier molecular flexibility index (Phi) is 4.93. The Morgan fingerprint density at radius 2 is 1.86 bits per heavy atom. The van der Waals surface area contributed by atoms with Gasteiger partial charge in [0.2, 0.25) is 5.91 Å². The van der Waals surface area contributed by atoms with Crippen molar-refractivity contribution in [3.63, 3.8) is 0 Å². The van der Waals surface area contributed by atoms with Gasteiger partial charge in [0.15, 0.2) is 0 Å². The minimum Gasteiger partial charge on any atom is -0.469 e. The number of hydrogen-bond donors (Lipinski definition) is 1. The van der Waals surface area contributed by atoms with Gasteiger partial charge in [0, 0.05) is 6.04 Å². The first-order valence-electron chi connectivity index (χ1n) is 6.93. The third-order valence-corrected chi connectivity index (χ3v) is 3.34. The third kappa shape index (κ3) is 4.05. The van der Waals surface area contributed by atoms with E-state index in [1.165, 1.54) is 7.11 Å². The molecule has 1 unspecified atom stereocenters. The van der Waals surface area contributed by atoms with E-state index in [0.29, 0.717) is 6.42 Å². The van der Waals surface area contributed by atoms with Gasteiger partial charge in [-0.3, -0.25) is 9.59 Å². The molecule has 0 aliphatic carbocycles. The van der Waals surface area contributed by atoms with Crippen LogP contribution in [0.1, 0.15) is 18.9 Å². The van der Waals surface area contributed by atoms with Crippen LogP contribution >= 0.6 is 0 Å². The monoisotopic (exact) mass is 285 g/mol. The van der Waals surface area contributed by atoms with E-state index in [0.717, 1.165) is 16.3 Å². The van der Waals surface area contributed by atoms with Gasteiger partial charge in [-0.25, -0.2) is 0 Å². The van der Waals surface area contributed by atoms with Crippen LogP contribution in [-0.2, 0) is 20.7 Å². The zero-order chi connectivity index (χ0) is 15.2. The maximum atomic E-state index is 12.1. The first-order valence-corrected chi connectivity index (χ1v) is 6.93. The largest absolute Gasteiger partial charge is 0.469 e. The van der Waals surface area contributed by atoms with E-state index in [1.54, 1.807) is 6.92 Å². The van der Waals surface area contributed by atoms with E-state index in [4.69, 9.17) is 0 Å². The van der Waals surface area contributed by atoms with Crippen LogP contribution in [0.5, 0.6) is 0 Å². The van der Waals surface area contributed by atoms with Crippen molar-refractivity contribution in [1.29, 1.82) is 0 Å². The number of methoxy groups -OCH3 is 1. The minimum absolute atomic E-state index is 0.0947. The predicted octanol–water partition coefficient (Wildman–Crippen LogP) is 2.45. The molecular weight excluding hydrogens is 266 g/mol.